The van der Waals surface area contributed by atoms with Gasteiger partial charge >= 0.3 is 0 Å². The van der Waals surface area contributed by atoms with Gasteiger partial charge in [-0.25, -0.2) is 15.0 Å². The van der Waals surface area contributed by atoms with Crippen molar-refractivity contribution in [1.29, 1.82) is 0 Å². The molecule has 2 N–H and O–H groups in total. The van der Waals surface area contributed by atoms with Crippen LogP contribution >= 0.6 is 0 Å². The first-order valence-corrected chi connectivity index (χ1v) is 6.05. The number of nitrogens with zero attached hydrogens (tertiary/aromatic N) is 4. The van der Waals surface area contributed by atoms with Crippen molar-refractivity contribution >= 4 is 17.0 Å². The van der Waals surface area contributed by atoms with E-state index < -0.39 is 0 Å². The fourth-order valence-corrected chi connectivity index (χ4v) is 2.23. The van der Waals surface area contributed by atoms with Gasteiger partial charge in [-0.05, 0) is 18.3 Å². The molecule has 2 aromatic heterocycles. The summed E-state index contributed by atoms with van der Waals surface area (Å²) >= 11 is 0. The second kappa shape index (κ2) is 4.65. The first kappa shape index (κ1) is 12.4. The average Bonchev–Trinajstić information content (AvgIpc) is 2.74. The molecule has 5 heteroatoms. The lowest BCUT2D eigenvalue weighted by atomic mass is 10.0. The highest BCUT2D eigenvalue weighted by atomic mass is 15.2. The van der Waals surface area contributed by atoms with Crippen LogP contribution in [0.1, 0.15) is 39.1 Å². The Kier molecular flexibility index (Phi) is 3.19. The van der Waals surface area contributed by atoms with E-state index in [0.717, 1.165) is 12.1 Å². The van der Waals surface area contributed by atoms with E-state index in [2.05, 4.69) is 41.6 Å². The maximum absolute atomic E-state index is 5.84. The standard InChI is InChI=1S/C13H17N5/c1-5-9(8(3)4)18-7-15-11-12(14)16-10(6-2)17-13(11)18/h2,7-9H,5H2,1,3-4H3,(H2,14,16,17). The number of rotatable bonds is 3. The summed E-state index contributed by atoms with van der Waals surface area (Å²) in [6.07, 6.45) is 8.10. The third-order valence-electron chi connectivity index (χ3n) is 3.12. The van der Waals surface area contributed by atoms with Crippen molar-refractivity contribution in [1.82, 2.24) is 19.5 Å². The maximum atomic E-state index is 5.84. The zero-order valence-corrected chi connectivity index (χ0v) is 10.9. The lowest BCUT2D eigenvalue weighted by Gasteiger charge is -2.20. The molecule has 0 aliphatic heterocycles. The van der Waals surface area contributed by atoms with E-state index in [-0.39, 0.29) is 0 Å². The van der Waals surface area contributed by atoms with Crippen LogP contribution in [0.15, 0.2) is 6.33 Å². The zero-order valence-electron chi connectivity index (χ0n) is 10.9. The molecule has 2 heterocycles. The third-order valence-corrected chi connectivity index (χ3v) is 3.12. The van der Waals surface area contributed by atoms with E-state index in [1.165, 1.54) is 0 Å². The summed E-state index contributed by atoms with van der Waals surface area (Å²) in [6.45, 7) is 6.49. The molecule has 0 radical (unpaired) electrons. The SMILES string of the molecule is C#Cc1nc(N)c2ncn(C(CC)C(C)C)c2n1. The minimum atomic E-state index is 0.306. The molecule has 18 heavy (non-hydrogen) atoms. The van der Waals surface area contributed by atoms with Crippen molar-refractivity contribution < 1.29 is 0 Å². The van der Waals surface area contributed by atoms with Crippen LogP contribution in [0.5, 0.6) is 0 Å². The highest BCUT2D eigenvalue weighted by molar-refractivity contribution is 5.82. The molecular weight excluding hydrogens is 226 g/mol. The quantitative estimate of drug-likeness (QED) is 0.837. The predicted octanol–water partition coefficient (Wildman–Crippen LogP) is 2.00. The molecule has 0 spiro atoms. The van der Waals surface area contributed by atoms with Crippen molar-refractivity contribution in [3.8, 4) is 12.3 Å². The van der Waals surface area contributed by atoms with Gasteiger partial charge in [0.1, 0.15) is 5.52 Å². The first-order chi connectivity index (χ1) is 8.58. The summed E-state index contributed by atoms with van der Waals surface area (Å²) in [5.41, 5.74) is 7.18. The van der Waals surface area contributed by atoms with Gasteiger partial charge in [-0.2, -0.15) is 0 Å². The van der Waals surface area contributed by atoms with Gasteiger partial charge in [-0.1, -0.05) is 20.8 Å². The lowest BCUT2D eigenvalue weighted by Crippen LogP contribution is -2.14. The van der Waals surface area contributed by atoms with Gasteiger partial charge in [0.15, 0.2) is 11.5 Å². The Hall–Kier alpha value is -2.09. The van der Waals surface area contributed by atoms with Gasteiger partial charge in [-0.15, -0.1) is 6.42 Å². The Morgan fingerprint density at radius 3 is 2.72 bits per heavy atom. The van der Waals surface area contributed by atoms with E-state index in [0.29, 0.717) is 29.1 Å². The second-order valence-corrected chi connectivity index (χ2v) is 4.62. The van der Waals surface area contributed by atoms with Crippen LogP contribution in [-0.2, 0) is 0 Å². The van der Waals surface area contributed by atoms with Crippen LogP contribution in [0.25, 0.3) is 11.2 Å². The molecule has 1 atom stereocenters. The van der Waals surface area contributed by atoms with Crippen LogP contribution in [0.2, 0.25) is 0 Å². The van der Waals surface area contributed by atoms with Crippen molar-refractivity contribution in [2.24, 2.45) is 5.92 Å². The highest BCUT2D eigenvalue weighted by Crippen LogP contribution is 2.26. The minimum Gasteiger partial charge on any atom is -0.382 e. The summed E-state index contributed by atoms with van der Waals surface area (Å²) in [5, 5.41) is 0. The molecule has 0 saturated heterocycles. The van der Waals surface area contributed by atoms with Gasteiger partial charge in [0.25, 0.3) is 0 Å². The molecule has 0 aliphatic carbocycles. The minimum absolute atomic E-state index is 0.306. The number of fused-ring (bicyclic) bond motifs is 1. The Balaban J connectivity index is 2.66. The molecular formula is C13H17N5. The molecule has 5 nitrogen and oxygen atoms in total. The van der Waals surface area contributed by atoms with Gasteiger partial charge in [0.05, 0.1) is 6.33 Å². The van der Waals surface area contributed by atoms with Crippen molar-refractivity contribution in [3.05, 3.63) is 12.2 Å². The molecule has 0 amide bonds. The molecule has 2 aromatic rings. The summed E-state index contributed by atoms with van der Waals surface area (Å²) in [4.78, 5) is 12.6. The summed E-state index contributed by atoms with van der Waals surface area (Å²) in [7, 11) is 0. The number of imidazole rings is 1. The number of terminal acetylenes is 1. The van der Waals surface area contributed by atoms with E-state index in [1.54, 1.807) is 6.33 Å². The number of nitrogens with two attached hydrogens (primary N) is 1. The number of aromatic nitrogens is 4. The fourth-order valence-electron chi connectivity index (χ4n) is 2.23. The number of hydrogen-bond acceptors (Lipinski definition) is 4. The summed E-state index contributed by atoms with van der Waals surface area (Å²) in [5.74, 6) is 3.55. The summed E-state index contributed by atoms with van der Waals surface area (Å²) < 4.78 is 2.04. The molecule has 0 aromatic carbocycles. The fraction of sp³-hybridized carbons (Fsp3) is 0.462. The predicted molar refractivity (Wildman–Crippen MR) is 71.8 cm³/mol. The Morgan fingerprint density at radius 2 is 2.17 bits per heavy atom. The van der Waals surface area contributed by atoms with E-state index in [1.807, 2.05) is 4.57 Å². The Bertz CT molecular complexity index is 606. The van der Waals surface area contributed by atoms with Gasteiger partial charge < -0.3 is 10.3 Å². The summed E-state index contributed by atoms with van der Waals surface area (Å²) in [6, 6.07) is 0.329. The largest absolute Gasteiger partial charge is 0.382 e. The van der Waals surface area contributed by atoms with Gasteiger partial charge in [0.2, 0.25) is 5.82 Å². The molecule has 0 aliphatic rings. The van der Waals surface area contributed by atoms with Crippen LogP contribution in [0.4, 0.5) is 5.82 Å². The van der Waals surface area contributed by atoms with E-state index in [9.17, 15) is 0 Å². The third kappa shape index (κ3) is 1.90. The van der Waals surface area contributed by atoms with Crippen LogP contribution < -0.4 is 5.73 Å². The van der Waals surface area contributed by atoms with Crippen molar-refractivity contribution in [3.63, 3.8) is 0 Å². The van der Waals surface area contributed by atoms with Crippen LogP contribution in [0, 0.1) is 18.3 Å². The second-order valence-electron chi connectivity index (χ2n) is 4.62. The normalized spacial score (nSPS) is 12.8. The highest BCUT2D eigenvalue weighted by Gasteiger charge is 2.18. The van der Waals surface area contributed by atoms with E-state index >= 15 is 0 Å². The molecule has 0 saturated carbocycles. The molecule has 0 fully saturated rings. The van der Waals surface area contributed by atoms with Crippen molar-refractivity contribution in [2.45, 2.75) is 33.2 Å². The average molecular weight is 243 g/mol. The Morgan fingerprint density at radius 1 is 1.44 bits per heavy atom. The van der Waals surface area contributed by atoms with E-state index in [4.69, 9.17) is 12.2 Å². The number of anilines is 1. The smallest absolute Gasteiger partial charge is 0.208 e. The first-order valence-electron chi connectivity index (χ1n) is 6.05. The van der Waals surface area contributed by atoms with Gasteiger partial charge in [0, 0.05) is 6.04 Å². The zero-order chi connectivity index (χ0) is 13.3. The Labute approximate surface area is 106 Å². The van der Waals surface area contributed by atoms with Crippen LogP contribution in [0.3, 0.4) is 0 Å². The molecule has 1 unspecified atom stereocenters. The lowest BCUT2D eigenvalue weighted by molar-refractivity contribution is 0.372. The monoisotopic (exact) mass is 243 g/mol. The van der Waals surface area contributed by atoms with Gasteiger partial charge in [-0.3, -0.25) is 0 Å². The molecule has 0 bridgehead atoms. The molecule has 2 rings (SSSR count). The van der Waals surface area contributed by atoms with Crippen LogP contribution in [-0.4, -0.2) is 19.5 Å². The number of nitrogen functional groups attached to an aromatic ring is 1. The van der Waals surface area contributed by atoms with Crippen molar-refractivity contribution in [2.75, 3.05) is 5.73 Å². The number of hydrogen-bond donors (Lipinski definition) is 1. The molecule has 94 valence electrons. The topological polar surface area (TPSA) is 69.6 Å². The maximum Gasteiger partial charge on any atom is 0.208 e.